The summed E-state index contributed by atoms with van der Waals surface area (Å²) in [4.78, 5) is 0. The fourth-order valence-electron chi connectivity index (χ4n) is 2.50. The normalized spacial score (nSPS) is 12.5. The summed E-state index contributed by atoms with van der Waals surface area (Å²) in [6, 6.07) is 13.9. The number of aryl methyl sites for hydroxylation is 1. The zero-order chi connectivity index (χ0) is 16.4. The molecule has 0 fully saturated rings. The molecule has 0 aliphatic carbocycles. The van der Waals surface area contributed by atoms with Crippen LogP contribution < -0.4 is 14.8 Å². The van der Waals surface area contributed by atoms with Crippen LogP contribution in [0.5, 0.6) is 11.5 Å². The number of aromatic nitrogens is 2. The number of hydrogen-bond acceptors (Lipinski definition) is 6. The van der Waals surface area contributed by atoms with Gasteiger partial charge in [-0.25, -0.2) is 0 Å². The van der Waals surface area contributed by atoms with Gasteiger partial charge in [-0.2, -0.15) is 0 Å². The van der Waals surface area contributed by atoms with Gasteiger partial charge in [-0.15, -0.1) is 10.2 Å². The summed E-state index contributed by atoms with van der Waals surface area (Å²) in [6.07, 6.45) is 0. The number of fused-ring (bicyclic) bond motifs is 1. The van der Waals surface area contributed by atoms with Crippen LogP contribution in [0.2, 0.25) is 0 Å². The molecule has 0 radical (unpaired) electrons. The zero-order valence-electron chi connectivity index (χ0n) is 13.3. The topological polar surface area (TPSA) is 69.4 Å². The van der Waals surface area contributed by atoms with Gasteiger partial charge in [0.2, 0.25) is 18.6 Å². The largest absolute Gasteiger partial charge is 0.454 e. The Balaban J connectivity index is 1.36. The van der Waals surface area contributed by atoms with E-state index in [4.69, 9.17) is 13.9 Å². The molecule has 0 saturated heterocycles. The van der Waals surface area contributed by atoms with E-state index in [2.05, 4.69) is 15.5 Å². The maximum Gasteiger partial charge on any atom is 0.247 e. The molecule has 1 N–H and O–H groups in total. The summed E-state index contributed by atoms with van der Waals surface area (Å²) >= 11 is 0. The van der Waals surface area contributed by atoms with Crippen molar-refractivity contribution >= 4 is 0 Å². The molecule has 3 aromatic rings. The lowest BCUT2D eigenvalue weighted by atomic mass is 10.1. The van der Waals surface area contributed by atoms with Crippen molar-refractivity contribution in [3.05, 3.63) is 59.5 Å². The van der Waals surface area contributed by atoms with Crippen molar-refractivity contribution < 1.29 is 13.9 Å². The number of ether oxygens (including phenoxy) is 2. The first-order valence-electron chi connectivity index (χ1n) is 7.76. The fourth-order valence-corrected chi connectivity index (χ4v) is 2.50. The second kappa shape index (κ2) is 6.33. The third-order valence-electron chi connectivity index (χ3n) is 3.81. The van der Waals surface area contributed by atoms with Crippen LogP contribution in [-0.4, -0.2) is 17.0 Å². The summed E-state index contributed by atoms with van der Waals surface area (Å²) in [5.41, 5.74) is 3.23. The van der Waals surface area contributed by atoms with Crippen molar-refractivity contribution in [3.8, 4) is 23.0 Å². The Labute approximate surface area is 139 Å². The van der Waals surface area contributed by atoms with Crippen LogP contribution in [0.1, 0.15) is 17.0 Å². The van der Waals surface area contributed by atoms with Crippen LogP contribution in [0, 0.1) is 6.92 Å². The Morgan fingerprint density at radius 2 is 1.79 bits per heavy atom. The Kier molecular flexibility index (Phi) is 3.88. The van der Waals surface area contributed by atoms with E-state index < -0.39 is 0 Å². The lowest BCUT2D eigenvalue weighted by Crippen LogP contribution is -2.12. The Morgan fingerprint density at radius 1 is 0.958 bits per heavy atom. The van der Waals surface area contributed by atoms with Crippen LogP contribution in [-0.2, 0) is 13.1 Å². The van der Waals surface area contributed by atoms with E-state index in [-0.39, 0.29) is 6.79 Å². The molecule has 24 heavy (non-hydrogen) atoms. The molecule has 0 spiro atoms. The molecular weight excluding hydrogens is 306 g/mol. The first kappa shape index (κ1) is 14.7. The average Bonchev–Trinajstić information content (AvgIpc) is 3.24. The van der Waals surface area contributed by atoms with Gasteiger partial charge in [0.15, 0.2) is 11.5 Å². The lowest BCUT2D eigenvalue weighted by molar-refractivity contribution is 0.174. The van der Waals surface area contributed by atoms with Crippen molar-refractivity contribution in [1.82, 2.24) is 15.5 Å². The second-order valence-corrected chi connectivity index (χ2v) is 5.66. The minimum atomic E-state index is 0.288. The molecule has 2 heterocycles. The fraction of sp³-hybridized carbons (Fsp3) is 0.222. The van der Waals surface area contributed by atoms with E-state index in [1.165, 1.54) is 5.56 Å². The highest BCUT2D eigenvalue weighted by atomic mass is 16.7. The smallest absolute Gasteiger partial charge is 0.247 e. The Bertz CT molecular complexity index is 843. The van der Waals surface area contributed by atoms with E-state index in [1.54, 1.807) is 0 Å². The van der Waals surface area contributed by atoms with E-state index in [1.807, 2.05) is 49.4 Å². The molecule has 1 aromatic heterocycles. The summed E-state index contributed by atoms with van der Waals surface area (Å²) in [6.45, 7) is 3.52. The van der Waals surface area contributed by atoms with Gasteiger partial charge < -0.3 is 19.2 Å². The SMILES string of the molecule is Cc1ccc(-c2nnc(CNCc3ccc4c(c3)OCO4)o2)cc1. The number of benzene rings is 2. The highest BCUT2D eigenvalue weighted by Crippen LogP contribution is 2.32. The summed E-state index contributed by atoms with van der Waals surface area (Å²) in [5, 5.41) is 11.5. The summed E-state index contributed by atoms with van der Waals surface area (Å²) in [5.74, 6) is 2.67. The minimum Gasteiger partial charge on any atom is -0.454 e. The predicted octanol–water partition coefficient (Wildman–Crippen LogP) is 3.06. The first-order chi connectivity index (χ1) is 11.8. The van der Waals surface area contributed by atoms with E-state index in [0.717, 1.165) is 22.6 Å². The van der Waals surface area contributed by atoms with Crippen LogP contribution in [0.4, 0.5) is 0 Å². The van der Waals surface area contributed by atoms with Crippen LogP contribution >= 0.6 is 0 Å². The van der Waals surface area contributed by atoms with Crippen LogP contribution in [0.3, 0.4) is 0 Å². The van der Waals surface area contributed by atoms with Gasteiger partial charge in [-0.3, -0.25) is 0 Å². The van der Waals surface area contributed by atoms with Crippen LogP contribution in [0.25, 0.3) is 11.5 Å². The maximum atomic E-state index is 5.69. The molecule has 122 valence electrons. The summed E-state index contributed by atoms with van der Waals surface area (Å²) < 4.78 is 16.4. The first-order valence-corrected chi connectivity index (χ1v) is 7.76. The van der Waals surface area contributed by atoms with Gasteiger partial charge in [0.25, 0.3) is 0 Å². The molecule has 6 heteroatoms. The minimum absolute atomic E-state index is 0.288. The number of nitrogens with zero attached hydrogens (tertiary/aromatic N) is 2. The van der Waals surface area contributed by atoms with Gasteiger partial charge in [-0.1, -0.05) is 23.8 Å². The Hall–Kier alpha value is -2.86. The number of hydrogen-bond donors (Lipinski definition) is 1. The van der Waals surface area contributed by atoms with Crippen molar-refractivity contribution in [2.45, 2.75) is 20.0 Å². The van der Waals surface area contributed by atoms with E-state index in [9.17, 15) is 0 Å². The molecule has 1 aliphatic rings. The highest BCUT2D eigenvalue weighted by molar-refractivity contribution is 5.52. The third-order valence-corrected chi connectivity index (χ3v) is 3.81. The molecule has 0 saturated carbocycles. The van der Waals surface area contributed by atoms with E-state index >= 15 is 0 Å². The van der Waals surface area contributed by atoms with Gasteiger partial charge in [-0.05, 0) is 36.8 Å². The predicted molar refractivity (Wildman–Crippen MR) is 87.6 cm³/mol. The highest BCUT2D eigenvalue weighted by Gasteiger charge is 2.13. The van der Waals surface area contributed by atoms with Crippen molar-refractivity contribution in [2.24, 2.45) is 0 Å². The molecule has 1 aliphatic heterocycles. The van der Waals surface area contributed by atoms with Gasteiger partial charge in [0, 0.05) is 12.1 Å². The standard InChI is InChI=1S/C18H17N3O3/c1-12-2-5-14(6-3-12)18-21-20-17(24-18)10-19-9-13-4-7-15-16(8-13)23-11-22-15/h2-8,19H,9-11H2,1H3. The molecule has 0 amide bonds. The Morgan fingerprint density at radius 3 is 2.67 bits per heavy atom. The number of nitrogens with one attached hydrogen (secondary N) is 1. The van der Waals surface area contributed by atoms with Gasteiger partial charge >= 0.3 is 0 Å². The monoisotopic (exact) mass is 323 g/mol. The second-order valence-electron chi connectivity index (χ2n) is 5.66. The van der Waals surface area contributed by atoms with Crippen molar-refractivity contribution in [2.75, 3.05) is 6.79 Å². The van der Waals surface area contributed by atoms with Crippen molar-refractivity contribution in [1.29, 1.82) is 0 Å². The van der Waals surface area contributed by atoms with Crippen molar-refractivity contribution in [3.63, 3.8) is 0 Å². The zero-order valence-corrected chi connectivity index (χ0v) is 13.3. The lowest BCUT2D eigenvalue weighted by Gasteiger charge is -2.03. The number of rotatable bonds is 5. The average molecular weight is 323 g/mol. The maximum absolute atomic E-state index is 5.69. The molecule has 0 bridgehead atoms. The van der Waals surface area contributed by atoms with E-state index in [0.29, 0.717) is 24.9 Å². The molecular formula is C18H17N3O3. The van der Waals surface area contributed by atoms with Gasteiger partial charge in [0.05, 0.1) is 6.54 Å². The van der Waals surface area contributed by atoms with Gasteiger partial charge in [0.1, 0.15) is 0 Å². The molecule has 4 rings (SSSR count). The molecule has 0 unspecified atom stereocenters. The summed E-state index contributed by atoms with van der Waals surface area (Å²) in [7, 11) is 0. The molecule has 0 atom stereocenters. The molecule has 6 nitrogen and oxygen atoms in total. The third kappa shape index (κ3) is 3.09. The molecule has 2 aromatic carbocycles. The van der Waals surface area contributed by atoms with Crippen LogP contribution in [0.15, 0.2) is 46.9 Å². The quantitative estimate of drug-likeness (QED) is 0.778.